The summed E-state index contributed by atoms with van der Waals surface area (Å²) in [7, 11) is 0. The third-order valence-electron chi connectivity index (χ3n) is 2.07. The van der Waals surface area contributed by atoms with Crippen LogP contribution in [0.15, 0.2) is 0 Å². The number of halogens is 2. The number of nitrogens with zero attached hydrogens (tertiary/aromatic N) is 4. The lowest BCUT2D eigenvalue weighted by atomic mass is 9.95. The van der Waals surface area contributed by atoms with Crippen molar-refractivity contribution >= 4 is 0 Å². The van der Waals surface area contributed by atoms with Crippen LogP contribution in [-0.2, 0) is 6.42 Å². The van der Waals surface area contributed by atoms with Gasteiger partial charge in [-0.05, 0) is 0 Å². The molecule has 1 aromatic carbocycles. The highest BCUT2D eigenvalue weighted by Gasteiger charge is 2.24. The molecule has 80 valence electrons. The fraction of sp³-hybridized carbons (Fsp3) is 0.0909. The quantitative estimate of drug-likeness (QED) is 0.729. The predicted octanol–water partition coefficient (Wildman–Crippen LogP) is 1.65. The largest absolute Gasteiger partial charge is 0.204 e. The van der Waals surface area contributed by atoms with Crippen molar-refractivity contribution in [2.75, 3.05) is 0 Å². The summed E-state index contributed by atoms with van der Waals surface area (Å²) < 4.78 is 27.1. The van der Waals surface area contributed by atoms with Crippen LogP contribution in [0, 0.1) is 57.0 Å². The van der Waals surface area contributed by atoms with Gasteiger partial charge in [-0.15, -0.1) is 0 Å². The van der Waals surface area contributed by atoms with Gasteiger partial charge >= 0.3 is 0 Å². The molecular weight excluding hydrogens is 226 g/mol. The number of rotatable bonds is 1. The molecule has 0 bridgehead atoms. The van der Waals surface area contributed by atoms with Gasteiger partial charge in [-0.2, -0.15) is 21.0 Å². The van der Waals surface area contributed by atoms with E-state index in [1.807, 2.05) is 0 Å². The van der Waals surface area contributed by atoms with Gasteiger partial charge in [0.05, 0.1) is 23.6 Å². The number of hydrogen-bond acceptors (Lipinski definition) is 4. The minimum atomic E-state index is -1.34. The van der Waals surface area contributed by atoms with Crippen molar-refractivity contribution in [3.05, 3.63) is 33.9 Å². The van der Waals surface area contributed by atoms with Crippen molar-refractivity contribution < 1.29 is 8.78 Å². The Kier molecular flexibility index (Phi) is 3.35. The van der Waals surface area contributed by atoms with Crippen LogP contribution in [0.3, 0.4) is 0 Å². The molecule has 0 aliphatic rings. The molecular formula is C11H2F2N4. The monoisotopic (exact) mass is 228 g/mol. The number of benzene rings is 1. The Hall–Kier alpha value is -2.96. The van der Waals surface area contributed by atoms with E-state index in [1.54, 1.807) is 6.07 Å². The molecule has 0 saturated heterocycles. The van der Waals surface area contributed by atoms with E-state index in [0.29, 0.717) is 0 Å². The summed E-state index contributed by atoms with van der Waals surface area (Å²) in [5.41, 5.74) is -2.59. The molecule has 0 aliphatic heterocycles. The lowest BCUT2D eigenvalue weighted by Gasteiger charge is -2.06. The molecule has 4 nitrogen and oxygen atoms in total. The highest BCUT2D eigenvalue weighted by molar-refractivity contribution is 5.56. The summed E-state index contributed by atoms with van der Waals surface area (Å²) in [5, 5.41) is 34.5. The Morgan fingerprint density at radius 3 is 1.47 bits per heavy atom. The summed E-state index contributed by atoms with van der Waals surface area (Å²) >= 11 is 0. The van der Waals surface area contributed by atoms with Gasteiger partial charge in [-0.3, -0.25) is 0 Å². The normalized spacial score (nSPS) is 8.59. The molecule has 0 aromatic heterocycles. The molecule has 0 saturated carbocycles. The van der Waals surface area contributed by atoms with Crippen molar-refractivity contribution in [1.29, 1.82) is 21.0 Å². The molecule has 0 spiro atoms. The van der Waals surface area contributed by atoms with Gasteiger partial charge in [0.25, 0.3) is 0 Å². The standard InChI is InChI=1S/C11H2F2N4/c12-10-7(3-15)6(1-2-14)8(4-16)11(13)9(10)5-17/h1H2. The molecule has 0 radical (unpaired) electrons. The van der Waals surface area contributed by atoms with Crippen molar-refractivity contribution in [2.24, 2.45) is 0 Å². The molecule has 0 heterocycles. The molecule has 17 heavy (non-hydrogen) atoms. The van der Waals surface area contributed by atoms with Crippen LogP contribution < -0.4 is 0 Å². The fourth-order valence-electron chi connectivity index (χ4n) is 1.32. The van der Waals surface area contributed by atoms with Crippen LogP contribution in [0.4, 0.5) is 8.78 Å². The van der Waals surface area contributed by atoms with Gasteiger partial charge in [-0.25, -0.2) is 8.78 Å². The maximum Gasteiger partial charge on any atom is 0.162 e. The molecule has 0 N–H and O–H groups in total. The SMILES string of the molecule is N#CCc1c(C#N)c(F)c(C#N)c(F)c1C#N. The third-order valence-corrected chi connectivity index (χ3v) is 2.07. The lowest BCUT2D eigenvalue weighted by Crippen LogP contribution is -2.05. The van der Waals surface area contributed by atoms with Crippen molar-refractivity contribution in [1.82, 2.24) is 0 Å². The summed E-state index contributed by atoms with van der Waals surface area (Å²) in [6, 6.07) is 5.71. The summed E-state index contributed by atoms with van der Waals surface area (Å²) in [6.07, 6.45) is -0.481. The zero-order valence-corrected chi connectivity index (χ0v) is 8.25. The second-order valence-electron chi connectivity index (χ2n) is 2.90. The molecule has 0 unspecified atom stereocenters. The van der Waals surface area contributed by atoms with Gasteiger partial charge in [-0.1, -0.05) is 0 Å². The van der Waals surface area contributed by atoms with E-state index in [1.165, 1.54) is 18.2 Å². The minimum absolute atomic E-state index is 0.327. The van der Waals surface area contributed by atoms with Crippen molar-refractivity contribution in [3.8, 4) is 24.3 Å². The lowest BCUT2D eigenvalue weighted by molar-refractivity contribution is 0.569. The summed E-state index contributed by atoms with van der Waals surface area (Å²) in [6.45, 7) is 0. The van der Waals surface area contributed by atoms with Gasteiger partial charge in [0, 0.05) is 5.56 Å². The molecule has 1 aromatic rings. The first-order valence-electron chi connectivity index (χ1n) is 4.23. The van der Waals surface area contributed by atoms with E-state index in [2.05, 4.69) is 0 Å². The van der Waals surface area contributed by atoms with Gasteiger partial charge < -0.3 is 0 Å². The molecule has 0 fully saturated rings. The molecule has 0 amide bonds. The van der Waals surface area contributed by atoms with Crippen LogP contribution in [0.1, 0.15) is 22.3 Å². The average molecular weight is 228 g/mol. The Bertz CT molecular complexity index is 609. The van der Waals surface area contributed by atoms with E-state index in [0.717, 1.165) is 0 Å². The second kappa shape index (κ2) is 4.71. The Labute approximate surface area is 95.2 Å². The van der Waals surface area contributed by atoms with Gasteiger partial charge in [0.2, 0.25) is 0 Å². The molecule has 1 rings (SSSR count). The Morgan fingerprint density at radius 2 is 1.18 bits per heavy atom. The summed E-state index contributed by atoms with van der Waals surface area (Å²) in [4.78, 5) is 0. The minimum Gasteiger partial charge on any atom is -0.204 e. The van der Waals surface area contributed by atoms with Crippen molar-refractivity contribution in [3.63, 3.8) is 0 Å². The Morgan fingerprint density at radius 1 is 0.765 bits per heavy atom. The average Bonchev–Trinajstić information content (AvgIpc) is 2.31. The second-order valence-corrected chi connectivity index (χ2v) is 2.90. The number of hydrogen-bond donors (Lipinski definition) is 0. The van der Waals surface area contributed by atoms with Gasteiger partial charge in [0.1, 0.15) is 23.8 Å². The molecule has 0 atom stereocenters. The highest BCUT2D eigenvalue weighted by Crippen LogP contribution is 2.25. The smallest absolute Gasteiger partial charge is 0.162 e. The molecule has 0 aliphatic carbocycles. The maximum atomic E-state index is 13.5. The first-order valence-corrected chi connectivity index (χ1v) is 4.23. The summed E-state index contributed by atoms with van der Waals surface area (Å²) in [5.74, 6) is -2.67. The van der Waals surface area contributed by atoms with E-state index >= 15 is 0 Å². The van der Waals surface area contributed by atoms with Crippen molar-refractivity contribution in [2.45, 2.75) is 6.42 Å². The zero-order chi connectivity index (χ0) is 13.0. The first kappa shape index (κ1) is 12.1. The Balaban J connectivity index is 3.88. The molecule has 6 heteroatoms. The fourth-order valence-corrected chi connectivity index (χ4v) is 1.32. The van der Waals surface area contributed by atoms with E-state index in [-0.39, 0.29) is 5.56 Å². The van der Waals surface area contributed by atoms with Crippen LogP contribution in [0.25, 0.3) is 0 Å². The van der Waals surface area contributed by atoms with E-state index in [9.17, 15) is 8.78 Å². The van der Waals surface area contributed by atoms with E-state index < -0.39 is 34.7 Å². The van der Waals surface area contributed by atoms with Crippen LogP contribution in [0.5, 0.6) is 0 Å². The predicted molar refractivity (Wildman–Crippen MR) is 49.8 cm³/mol. The highest BCUT2D eigenvalue weighted by atomic mass is 19.1. The number of nitriles is 4. The van der Waals surface area contributed by atoms with Gasteiger partial charge in [0.15, 0.2) is 11.6 Å². The van der Waals surface area contributed by atoms with Crippen LogP contribution >= 0.6 is 0 Å². The third kappa shape index (κ3) is 1.76. The zero-order valence-electron chi connectivity index (χ0n) is 8.25. The topological polar surface area (TPSA) is 95.2 Å². The van der Waals surface area contributed by atoms with Crippen LogP contribution in [0.2, 0.25) is 0 Å². The first-order chi connectivity index (χ1) is 8.12. The van der Waals surface area contributed by atoms with Crippen LogP contribution in [-0.4, -0.2) is 0 Å². The van der Waals surface area contributed by atoms with E-state index in [4.69, 9.17) is 21.0 Å². The maximum absolute atomic E-state index is 13.5.